The highest BCUT2D eigenvalue weighted by atomic mass is 35.5. The van der Waals surface area contributed by atoms with Crippen LogP contribution in [0.25, 0.3) is 0 Å². The molecule has 2 aromatic heterocycles. The Morgan fingerprint density at radius 2 is 2.11 bits per heavy atom. The van der Waals surface area contributed by atoms with Gasteiger partial charge in [0, 0.05) is 35.7 Å². The second-order valence-corrected chi connectivity index (χ2v) is 6.80. The van der Waals surface area contributed by atoms with Crippen molar-refractivity contribution in [1.29, 1.82) is 0 Å². The van der Waals surface area contributed by atoms with E-state index in [1.54, 1.807) is 18.2 Å². The smallest absolute Gasteiger partial charge is 0.141 e. The highest BCUT2D eigenvalue weighted by Gasteiger charge is 2.43. The van der Waals surface area contributed by atoms with Crippen molar-refractivity contribution in [1.82, 2.24) is 20.1 Å². The molecule has 0 aromatic carbocycles. The largest absolute Gasteiger partial charge is 0.462 e. The molecule has 3 N–H and O–H groups in total. The van der Waals surface area contributed by atoms with Crippen molar-refractivity contribution >= 4 is 11.6 Å². The third kappa shape index (κ3) is 6.02. The molecule has 7 heteroatoms. The van der Waals surface area contributed by atoms with Crippen molar-refractivity contribution < 1.29 is 9.50 Å². The molecule has 0 radical (unpaired) electrons. The number of halogens is 2. The Labute approximate surface area is 163 Å². The summed E-state index contributed by atoms with van der Waals surface area (Å²) in [6, 6.07) is 5.94. The van der Waals surface area contributed by atoms with Gasteiger partial charge >= 0.3 is 0 Å². The summed E-state index contributed by atoms with van der Waals surface area (Å²) in [6.07, 6.45) is 8.63. The molecule has 27 heavy (non-hydrogen) atoms. The predicted molar refractivity (Wildman–Crippen MR) is 105 cm³/mol. The molecule has 1 fully saturated rings. The monoisotopic (exact) mass is 390 g/mol. The van der Waals surface area contributed by atoms with Crippen LogP contribution in [0.3, 0.4) is 0 Å². The first-order chi connectivity index (χ1) is 12.9. The van der Waals surface area contributed by atoms with Crippen LogP contribution in [0.2, 0.25) is 5.02 Å². The summed E-state index contributed by atoms with van der Waals surface area (Å²) in [5.74, 6) is 1.97. The molecule has 3 rings (SSSR count). The van der Waals surface area contributed by atoms with Gasteiger partial charge in [-0.2, -0.15) is 5.10 Å². The SMILES string of the molecule is CNC1(c2cnn(C)c2)CC1.Cc1ccc(Cl)c(F)ccc(CC#CO)[nH]1. The molecular weight excluding hydrogens is 367 g/mol. The number of aryl methyl sites for hydroxylation is 2. The van der Waals surface area contributed by atoms with Crippen LogP contribution in [0, 0.1) is 24.8 Å². The van der Waals surface area contributed by atoms with Crippen LogP contribution in [-0.4, -0.2) is 26.9 Å². The molecule has 144 valence electrons. The van der Waals surface area contributed by atoms with Crippen molar-refractivity contribution in [3.05, 3.63) is 64.5 Å². The zero-order chi connectivity index (χ0) is 19.9. The van der Waals surface area contributed by atoms with Crippen molar-refractivity contribution in [2.45, 2.75) is 31.7 Å². The van der Waals surface area contributed by atoms with Gasteiger partial charge < -0.3 is 15.4 Å². The molecule has 0 atom stereocenters. The number of nitrogens with zero attached hydrogens (tertiary/aromatic N) is 2. The zero-order valence-electron chi connectivity index (χ0n) is 15.7. The highest BCUT2D eigenvalue weighted by molar-refractivity contribution is 6.30. The minimum absolute atomic E-state index is 0.0480. The maximum atomic E-state index is 13.3. The van der Waals surface area contributed by atoms with Gasteiger partial charge in [0.15, 0.2) is 0 Å². The molecule has 1 aliphatic rings. The molecule has 0 spiro atoms. The van der Waals surface area contributed by atoms with E-state index in [2.05, 4.69) is 27.5 Å². The average molecular weight is 391 g/mol. The number of aromatic nitrogens is 3. The highest BCUT2D eigenvalue weighted by Crippen LogP contribution is 2.44. The molecule has 0 saturated heterocycles. The lowest BCUT2D eigenvalue weighted by atomic mass is 10.1. The van der Waals surface area contributed by atoms with Crippen LogP contribution < -0.4 is 5.32 Å². The van der Waals surface area contributed by atoms with E-state index in [9.17, 15) is 4.39 Å². The third-order valence-corrected chi connectivity index (χ3v) is 4.65. The number of hydrogen-bond donors (Lipinski definition) is 3. The maximum Gasteiger partial charge on any atom is 0.141 e. The number of hydrogen-bond acceptors (Lipinski definition) is 3. The van der Waals surface area contributed by atoms with Gasteiger partial charge in [-0.05, 0) is 51.1 Å². The summed E-state index contributed by atoms with van der Waals surface area (Å²) in [5.41, 5.74) is 3.09. The molecule has 1 aliphatic carbocycles. The quantitative estimate of drug-likeness (QED) is 0.699. The minimum Gasteiger partial charge on any atom is -0.462 e. The molecule has 2 aromatic rings. The van der Waals surface area contributed by atoms with Crippen LogP contribution >= 0.6 is 11.6 Å². The van der Waals surface area contributed by atoms with E-state index in [0.29, 0.717) is 12.1 Å². The van der Waals surface area contributed by atoms with Crippen LogP contribution in [0.4, 0.5) is 4.39 Å². The van der Waals surface area contributed by atoms with Crippen LogP contribution in [-0.2, 0) is 19.0 Å². The molecule has 5 nitrogen and oxygen atoms in total. The second kappa shape index (κ2) is 9.45. The summed E-state index contributed by atoms with van der Waals surface area (Å²) in [5, 5.41) is 15.9. The molecule has 2 heterocycles. The number of aromatic amines is 1. The van der Waals surface area contributed by atoms with E-state index in [4.69, 9.17) is 16.7 Å². The average Bonchev–Trinajstić information content (AvgIpc) is 3.34. The van der Waals surface area contributed by atoms with Gasteiger partial charge in [-0.3, -0.25) is 4.68 Å². The van der Waals surface area contributed by atoms with Crippen LogP contribution in [0.5, 0.6) is 0 Å². The van der Waals surface area contributed by atoms with E-state index in [0.717, 1.165) is 5.69 Å². The van der Waals surface area contributed by atoms with Gasteiger partial charge in [-0.1, -0.05) is 17.5 Å². The van der Waals surface area contributed by atoms with E-state index in [-0.39, 0.29) is 10.6 Å². The first-order valence-electron chi connectivity index (χ1n) is 8.58. The van der Waals surface area contributed by atoms with E-state index in [1.807, 2.05) is 31.9 Å². The van der Waals surface area contributed by atoms with E-state index in [1.165, 1.54) is 30.5 Å². The summed E-state index contributed by atoms with van der Waals surface area (Å²) in [7, 11) is 3.97. The number of rotatable bonds is 3. The Balaban J connectivity index is 0.000000206. The van der Waals surface area contributed by atoms with Gasteiger partial charge in [-0.15, -0.1) is 0 Å². The first-order valence-corrected chi connectivity index (χ1v) is 8.96. The molecular formula is C20H24ClFN4O. The van der Waals surface area contributed by atoms with Gasteiger partial charge in [-0.25, -0.2) is 4.39 Å². The number of aliphatic hydroxyl groups excluding tert-OH is 1. The van der Waals surface area contributed by atoms with Crippen LogP contribution in [0.15, 0.2) is 36.7 Å². The molecule has 0 amide bonds. The lowest BCUT2D eigenvalue weighted by molar-refractivity contribution is 0.516. The minimum atomic E-state index is -0.510. The van der Waals surface area contributed by atoms with E-state index < -0.39 is 5.82 Å². The summed E-state index contributed by atoms with van der Waals surface area (Å²) < 4.78 is 15.1. The Bertz CT molecular complexity index is 889. The van der Waals surface area contributed by atoms with Crippen molar-refractivity contribution in [3.8, 4) is 12.0 Å². The lowest BCUT2D eigenvalue weighted by Crippen LogP contribution is -2.23. The predicted octanol–water partition coefficient (Wildman–Crippen LogP) is 3.74. The van der Waals surface area contributed by atoms with Gasteiger partial charge in [0.25, 0.3) is 0 Å². The molecule has 0 aliphatic heterocycles. The fourth-order valence-corrected chi connectivity index (χ4v) is 2.71. The molecule has 0 bridgehead atoms. The normalized spacial score (nSPS) is 13.5. The summed E-state index contributed by atoms with van der Waals surface area (Å²) in [4.78, 5) is 3.03. The summed E-state index contributed by atoms with van der Waals surface area (Å²) >= 11 is 5.68. The fraction of sp³-hybridized carbons (Fsp3) is 0.350. The van der Waals surface area contributed by atoms with Crippen molar-refractivity contribution in [2.75, 3.05) is 7.05 Å². The lowest BCUT2D eigenvalue weighted by Gasteiger charge is -2.09. The third-order valence-electron chi connectivity index (χ3n) is 4.34. The summed E-state index contributed by atoms with van der Waals surface area (Å²) in [6.45, 7) is 1.82. The fourth-order valence-electron chi connectivity index (χ4n) is 2.58. The van der Waals surface area contributed by atoms with Crippen molar-refractivity contribution in [3.63, 3.8) is 0 Å². The van der Waals surface area contributed by atoms with E-state index >= 15 is 0 Å². The Hall–Kier alpha value is -2.49. The van der Waals surface area contributed by atoms with Gasteiger partial charge in [0.1, 0.15) is 11.9 Å². The number of nitrogens with one attached hydrogen (secondary N) is 2. The van der Waals surface area contributed by atoms with Gasteiger partial charge in [0.05, 0.1) is 17.6 Å². The van der Waals surface area contributed by atoms with Crippen LogP contribution in [0.1, 0.15) is 29.8 Å². The topological polar surface area (TPSA) is 65.9 Å². The standard InChI is InChI=1S/C12H11ClFNO.C8H13N3/c1-9-4-6-11(13)12(14)7-5-10(15-9)3-2-8-16;1-9-8(3-4-8)7-5-10-11(2)6-7/h4-7,15-16H,3H2,1H3;5-6,9H,3-4H2,1-2H3. The second-order valence-electron chi connectivity index (χ2n) is 6.40. The molecule has 1 saturated carbocycles. The van der Waals surface area contributed by atoms with Gasteiger partial charge in [0.2, 0.25) is 0 Å². The first kappa shape index (κ1) is 20.8. The maximum absolute atomic E-state index is 13.3. The Morgan fingerprint density at radius 3 is 2.67 bits per heavy atom. The molecule has 0 unspecified atom stereocenters. The zero-order valence-corrected chi connectivity index (χ0v) is 16.4. The number of aliphatic hydroxyl groups is 1. The Kier molecular flexibility index (Phi) is 7.28. The van der Waals surface area contributed by atoms with Crippen molar-refractivity contribution in [2.24, 2.45) is 7.05 Å². The Morgan fingerprint density at radius 1 is 1.37 bits per heavy atom. The number of H-pyrrole nitrogens is 1.